The van der Waals surface area contributed by atoms with Gasteiger partial charge in [0.15, 0.2) is 0 Å². The molecule has 0 aromatic rings. The standard InChI is InChI=1S/C13H27N3O/c1-4-8-15-13(17)11(3)16-9-6-12(7-10-16)14-5-2/h11-12,14H,4-10H2,1-3H3,(H,15,17). The maximum absolute atomic E-state index is 11.8. The average molecular weight is 241 g/mol. The van der Waals surface area contributed by atoms with Crippen molar-refractivity contribution in [1.82, 2.24) is 15.5 Å². The minimum atomic E-state index is 0.0177. The van der Waals surface area contributed by atoms with E-state index < -0.39 is 0 Å². The lowest BCUT2D eigenvalue weighted by molar-refractivity contribution is -0.126. The molecule has 1 aliphatic heterocycles. The Labute approximate surface area is 105 Å². The number of carbonyl (C=O) groups excluding carboxylic acids is 1. The Bertz CT molecular complexity index is 225. The number of nitrogens with zero attached hydrogens (tertiary/aromatic N) is 1. The smallest absolute Gasteiger partial charge is 0.237 e. The van der Waals surface area contributed by atoms with Gasteiger partial charge in [-0.25, -0.2) is 0 Å². The molecule has 4 nitrogen and oxygen atoms in total. The summed E-state index contributed by atoms with van der Waals surface area (Å²) in [6.45, 7) is 10.1. The van der Waals surface area contributed by atoms with E-state index in [2.05, 4.69) is 29.4 Å². The maximum Gasteiger partial charge on any atom is 0.237 e. The van der Waals surface area contributed by atoms with Crippen LogP contribution in [-0.2, 0) is 4.79 Å². The van der Waals surface area contributed by atoms with E-state index in [0.717, 1.165) is 45.4 Å². The maximum atomic E-state index is 11.8. The van der Waals surface area contributed by atoms with Gasteiger partial charge in [-0.05, 0) is 32.7 Å². The molecular weight excluding hydrogens is 214 g/mol. The summed E-state index contributed by atoms with van der Waals surface area (Å²) in [6, 6.07) is 0.659. The van der Waals surface area contributed by atoms with Crippen molar-refractivity contribution in [2.75, 3.05) is 26.2 Å². The zero-order valence-electron chi connectivity index (χ0n) is 11.5. The number of nitrogens with one attached hydrogen (secondary N) is 2. The topological polar surface area (TPSA) is 44.4 Å². The summed E-state index contributed by atoms with van der Waals surface area (Å²) in [7, 11) is 0. The van der Waals surface area contributed by atoms with Crippen LogP contribution in [0.5, 0.6) is 0 Å². The summed E-state index contributed by atoms with van der Waals surface area (Å²) in [5, 5.41) is 6.45. The molecule has 1 amide bonds. The molecule has 0 aromatic heterocycles. The van der Waals surface area contributed by atoms with Crippen LogP contribution in [0.25, 0.3) is 0 Å². The highest BCUT2D eigenvalue weighted by Gasteiger charge is 2.25. The molecule has 1 heterocycles. The Morgan fingerprint density at radius 1 is 1.35 bits per heavy atom. The fourth-order valence-corrected chi connectivity index (χ4v) is 2.34. The van der Waals surface area contributed by atoms with Gasteiger partial charge in [-0.2, -0.15) is 0 Å². The van der Waals surface area contributed by atoms with E-state index in [1.165, 1.54) is 0 Å². The highest BCUT2D eigenvalue weighted by molar-refractivity contribution is 5.81. The fourth-order valence-electron chi connectivity index (χ4n) is 2.34. The van der Waals surface area contributed by atoms with E-state index in [-0.39, 0.29) is 11.9 Å². The SMILES string of the molecule is CCCNC(=O)C(C)N1CCC(NCC)CC1. The first-order valence-corrected chi connectivity index (χ1v) is 6.94. The first kappa shape index (κ1) is 14.5. The van der Waals surface area contributed by atoms with E-state index >= 15 is 0 Å². The summed E-state index contributed by atoms with van der Waals surface area (Å²) in [5.41, 5.74) is 0. The van der Waals surface area contributed by atoms with E-state index in [9.17, 15) is 4.79 Å². The first-order valence-electron chi connectivity index (χ1n) is 6.94. The first-order chi connectivity index (χ1) is 8.19. The van der Waals surface area contributed by atoms with E-state index in [0.29, 0.717) is 6.04 Å². The number of rotatable bonds is 6. The molecule has 1 atom stereocenters. The Morgan fingerprint density at radius 2 is 2.00 bits per heavy atom. The van der Waals surface area contributed by atoms with Crippen LogP contribution in [0.3, 0.4) is 0 Å². The predicted molar refractivity (Wildman–Crippen MR) is 71.0 cm³/mol. The molecule has 1 aliphatic rings. The van der Waals surface area contributed by atoms with Gasteiger partial charge >= 0.3 is 0 Å². The second kappa shape index (κ2) is 7.67. The van der Waals surface area contributed by atoms with Gasteiger partial charge < -0.3 is 10.6 Å². The average Bonchev–Trinajstić information content (AvgIpc) is 2.36. The lowest BCUT2D eigenvalue weighted by Crippen LogP contribution is -2.51. The molecule has 0 aromatic carbocycles. The number of likely N-dealkylation sites (tertiary alicyclic amines) is 1. The fraction of sp³-hybridized carbons (Fsp3) is 0.923. The number of piperidine rings is 1. The summed E-state index contributed by atoms with van der Waals surface area (Å²) < 4.78 is 0. The van der Waals surface area contributed by atoms with Gasteiger partial charge in [0.2, 0.25) is 5.91 Å². The normalized spacial score (nSPS) is 20.2. The molecule has 1 fully saturated rings. The monoisotopic (exact) mass is 241 g/mol. The van der Waals surface area contributed by atoms with Crippen molar-refractivity contribution < 1.29 is 4.79 Å². The van der Waals surface area contributed by atoms with Crippen molar-refractivity contribution in [1.29, 1.82) is 0 Å². The van der Waals surface area contributed by atoms with E-state index in [4.69, 9.17) is 0 Å². The van der Waals surface area contributed by atoms with Crippen molar-refractivity contribution in [3.63, 3.8) is 0 Å². The lowest BCUT2D eigenvalue weighted by Gasteiger charge is -2.35. The summed E-state index contributed by atoms with van der Waals surface area (Å²) in [4.78, 5) is 14.1. The zero-order valence-corrected chi connectivity index (χ0v) is 11.5. The van der Waals surface area contributed by atoms with Crippen LogP contribution in [0, 0.1) is 0 Å². The van der Waals surface area contributed by atoms with Crippen LogP contribution in [0.1, 0.15) is 40.0 Å². The summed E-state index contributed by atoms with van der Waals surface area (Å²) in [5.74, 6) is 0.175. The molecule has 1 unspecified atom stereocenters. The molecule has 0 bridgehead atoms. The van der Waals surface area contributed by atoms with Gasteiger partial charge in [0.1, 0.15) is 0 Å². The largest absolute Gasteiger partial charge is 0.355 e. The molecule has 1 saturated heterocycles. The highest BCUT2D eigenvalue weighted by atomic mass is 16.2. The van der Waals surface area contributed by atoms with Gasteiger partial charge in [-0.1, -0.05) is 13.8 Å². The van der Waals surface area contributed by atoms with Crippen LogP contribution < -0.4 is 10.6 Å². The molecule has 0 aliphatic carbocycles. The predicted octanol–water partition coefficient (Wildman–Crippen LogP) is 0.975. The Balaban J connectivity index is 2.29. The molecule has 4 heteroatoms. The number of hydrogen-bond acceptors (Lipinski definition) is 3. The quantitative estimate of drug-likeness (QED) is 0.728. The van der Waals surface area contributed by atoms with Crippen molar-refractivity contribution in [3.8, 4) is 0 Å². The highest BCUT2D eigenvalue weighted by Crippen LogP contribution is 2.13. The minimum absolute atomic E-state index is 0.0177. The molecular formula is C13H27N3O. The molecule has 100 valence electrons. The van der Waals surface area contributed by atoms with Gasteiger partial charge in [0, 0.05) is 25.7 Å². The second-order valence-corrected chi connectivity index (χ2v) is 4.83. The van der Waals surface area contributed by atoms with Gasteiger partial charge in [-0.15, -0.1) is 0 Å². The zero-order chi connectivity index (χ0) is 12.7. The molecule has 2 N–H and O–H groups in total. The summed E-state index contributed by atoms with van der Waals surface area (Å²) >= 11 is 0. The Morgan fingerprint density at radius 3 is 2.53 bits per heavy atom. The molecule has 17 heavy (non-hydrogen) atoms. The van der Waals surface area contributed by atoms with Gasteiger partial charge in [0.25, 0.3) is 0 Å². The minimum Gasteiger partial charge on any atom is -0.355 e. The Kier molecular flexibility index (Phi) is 6.52. The van der Waals surface area contributed by atoms with Gasteiger partial charge in [0.05, 0.1) is 6.04 Å². The van der Waals surface area contributed by atoms with Crippen LogP contribution in [0.4, 0.5) is 0 Å². The molecule has 0 saturated carbocycles. The molecule has 0 radical (unpaired) electrons. The Hall–Kier alpha value is -0.610. The van der Waals surface area contributed by atoms with Crippen LogP contribution in [-0.4, -0.2) is 49.1 Å². The molecule has 0 spiro atoms. The third-order valence-electron chi connectivity index (χ3n) is 3.50. The van der Waals surface area contributed by atoms with E-state index in [1.807, 2.05) is 6.92 Å². The third kappa shape index (κ3) is 4.64. The lowest BCUT2D eigenvalue weighted by atomic mass is 10.0. The summed E-state index contributed by atoms with van der Waals surface area (Å²) in [6.07, 6.45) is 3.30. The second-order valence-electron chi connectivity index (χ2n) is 4.83. The van der Waals surface area contributed by atoms with Crippen molar-refractivity contribution in [2.45, 2.75) is 52.1 Å². The van der Waals surface area contributed by atoms with Crippen molar-refractivity contribution in [2.24, 2.45) is 0 Å². The number of amides is 1. The van der Waals surface area contributed by atoms with Gasteiger partial charge in [-0.3, -0.25) is 9.69 Å². The van der Waals surface area contributed by atoms with Crippen molar-refractivity contribution >= 4 is 5.91 Å². The molecule has 1 rings (SSSR count). The number of carbonyl (C=O) groups is 1. The number of hydrogen-bond donors (Lipinski definition) is 2. The van der Waals surface area contributed by atoms with E-state index in [1.54, 1.807) is 0 Å². The van der Waals surface area contributed by atoms with Crippen LogP contribution >= 0.6 is 0 Å². The van der Waals surface area contributed by atoms with Crippen LogP contribution in [0.15, 0.2) is 0 Å². The van der Waals surface area contributed by atoms with Crippen LogP contribution in [0.2, 0.25) is 0 Å². The van der Waals surface area contributed by atoms with Crippen molar-refractivity contribution in [3.05, 3.63) is 0 Å². The third-order valence-corrected chi connectivity index (χ3v) is 3.50.